The summed E-state index contributed by atoms with van der Waals surface area (Å²) in [4.78, 5) is 25.5. The van der Waals surface area contributed by atoms with E-state index in [1.807, 2.05) is 84.9 Å². The van der Waals surface area contributed by atoms with Crippen LogP contribution in [-0.4, -0.2) is 16.7 Å². The maximum atomic E-state index is 13.1. The van der Waals surface area contributed by atoms with Crippen molar-refractivity contribution < 1.29 is 14.7 Å². The highest BCUT2D eigenvalue weighted by molar-refractivity contribution is 6.53. The number of allylic oxidation sites excluding steroid dienone is 1. The van der Waals surface area contributed by atoms with E-state index in [1.54, 1.807) is 0 Å². The number of rotatable bonds is 2. The molecular weight excluding hydrogens is 360 g/mol. The number of hydrogen-bond donors (Lipinski definition) is 1. The molecular formula is C26H16O3. The third-order valence-corrected chi connectivity index (χ3v) is 5.33. The lowest BCUT2D eigenvalue weighted by molar-refractivity contribution is -0.114. The summed E-state index contributed by atoms with van der Waals surface area (Å²) < 4.78 is 0. The molecule has 0 aliphatic heterocycles. The molecule has 0 atom stereocenters. The predicted octanol–water partition coefficient (Wildman–Crippen LogP) is 5.84. The van der Waals surface area contributed by atoms with Gasteiger partial charge in [0.05, 0.1) is 0 Å². The van der Waals surface area contributed by atoms with Crippen molar-refractivity contribution in [1.82, 2.24) is 0 Å². The Morgan fingerprint density at radius 2 is 1.00 bits per heavy atom. The van der Waals surface area contributed by atoms with Crippen LogP contribution >= 0.6 is 0 Å². The molecule has 29 heavy (non-hydrogen) atoms. The molecule has 138 valence electrons. The molecule has 1 N–H and O–H groups in total. The standard InChI is InChI=1S/C26H16O3/c27-21-15-20-22(16-9-3-1-4-10-16)18-13-7-8-14-19(18)23(17-11-5-2-6-12-17)24(20)26(29)25(21)28/h1-15,27H. The van der Waals surface area contributed by atoms with Crippen molar-refractivity contribution in [3.8, 4) is 22.3 Å². The smallest absolute Gasteiger partial charge is 0.267 e. The van der Waals surface area contributed by atoms with E-state index < -0.39 is 17.3 Å². The van der Waals surface area contributed by atoms with Gasteiger partial charge < -0.3 is 5.11 Å². The largest absolute Gasteiger partial charge is 0.504 e. The van der Waals surface area contributed by atoms with Crippen molar-refractivity contribution >= 4 is 28.4 Å². The lowest BCUT2D eigenvalue weighted by atomic mass is 9.79. The van der Waals surface area contributed by atoms with Crippen LogP contribution in [0.2, 0.25) is 0 Å². The van der Waals surface area contributed by atoms with E-state index >= 15 is 0 Å². The average molecular weight is 376 g/mol. The van der Waals surface area contributed by atoms with Crippen LogP contribution in [0.5, 0.6) is 0 Å². The van der Waals surface area contributed by atoms with Crippen LogP contribution in [-0.2, 0) is 4.79 Å². The maximum absolute atomic E-state index is 13.1. The van der Waals surface area contributed by atoms with Crippen LogP contribution in [0, 0.1) is 0 Å². The van der Waals surface area contributed by atoms with E-state index in [2.05, 4.69) is 0 Å². The Morgan fingerprint density at radius 3 is 1.59 bits per heavy atom. The van der Waals surface area contributed by atoms with Gasteiger partial charge in [0.15, 0.2) is 5.76 Å². The van der Waals surface area contributed by atoms with E-state index in [0.29, 0.717) is 11.1 Å². The molecule has 1 aliphatic carbocycles. The zero-order valence-corrected chi connectivity index (χ0v) is 15.4. The first kappa shape index (κ1) is 17.1. The number of aliphatic hydroxyl groups is 1. The first-order chi connectivity index (χ1) is 14.2. The number of carbonyl (C=O) groups is 2. The lowest BCUT2D eigenvalue weighted by Gasteiger charge is -2.23. The van der Waals surface area contributed by atoms with Crippen LogP contribution in [0.15, 0.2) is 90.7 Å². The Labute approximate surface area is 167 Å². The Bertz CT molecular complexity index is 1320. The number of aliphatic hydroxyl groups excluding tert-OH is 1. The molecule has 3 nitrogen and oxygen atoms in total. The minimum Gasteiger partial charge on any atom is -0.504 e. The highest BCUT2D eigenvalue weighted by Gasteiger charge is 2.33. The van der Waals surface area contributed by atoms with E-state index in [9.17, 15) is 14.7 Å². The van der Waals surface area contributed by atoms with Crippen LogP contribution in [0.4, 0.5) is 0 Å². The van der Waals surface area contributed by atoms with Crippen molar-refractivity contribution in [3.63, 3.8) is 0 Å². The van der Waals surface area contributed by atoms with Crippen molar-refractivity contribution in [2.75, 3.05) is 0 Å². The normalized spacial score (nSPS) is 13.3. The van der Waals surface area contributed by atoms with E-state index in [0.717, 1.165) is 33.0 Å². The zero-order chi connectivity index (χ0) is 20.0. The Hall–Kier alpha value is -3.98. The number of fused-ring (bicyclic) bond motifs is 2. The summed E-state index contributed by atoms with van der Waals surface area (Å²) in [5, 5.41) is 12.0. The van der Waals surface area contributed by atoms with Gasteiger partial charge in [0.25, 0.3) is 5.78 Å². The van der Waals surface area contributed by atoms with Gasteiger partial charge in [0.2, 0.25) is 5.78 Å². The van der Waals surface area contributed by atoms with Crippen LogP contribution in [0.3, 0.4) is 0 Å². The first-order valence-corrected chi connectivity index (χ1v) is 9.36. The average Bonchev–Trinajstić information content (AvgIpc) is 2.77. The monoisotopic (exact) mass is 376 g/mol. The number of hydrogen-bond acceptors (Lipinski definition) is 3. The van der Waals surface area contributed by atoms with Gasteiger partial charge in [-0.3, -0.25) is 9.59 Å². The van der Waals surface area contributed by atoms with Gasteiger partial charge in [-0.15, -0.1) is 0 Å². The molecule has 4 aromatic carbocycles. The van der Waals surface area contributed by atoms with E-state index in [1.165, 1.54) is 6.08 Å². The summed E-state index contributed by atoms with van der Waals surface area (Å²) in [7, 11) is 0. The van der Waals surface area contributed by atoms with E-state index in [-0.39, 0.29) is 0 Å². The van der Waals surface area contributed by atoms with Crippen LogP contribution in [0.1, 0.15) is 15.9 Å². The Balaban J connectivity index is 2.04. The fourth-order valence-electron chi connectivity index (χ4n) is 4.09. The topological polar surface area (TPSA) is 54.4 Å². The maximum Gasteiger partial charge on any atom is 0.267 e. The number of benzene rings is 4. The molecule has 1 aliphatic rings. The predicted molar refractivity (Wildman–Crippen MR) is 115 cm³/mol. The first-order valence-electron chi connectivity index (χ1n) is 9.36. The Morgan fingerprint density at radius 1 is 0.517 bits per heavy atom. The van der Waals surface area contributed by atoms with Gasteiger partial charge in [-0.2, -0.15) is 0 Å². The molecule has 4 aromatic rings. The molecule has 0 amide bonds. The summed E-state index contributed by atoms with van der Waals surface area (Å²) >= 11 is 0. The Kier molecular flexibility index (Phi) is 3.88. The summed E-state index contributed by atoms with van der Waals surface area (Å²) in [6, 6.07) is 27.2. The van der Waals surface area contributed by atoms with Gasteiger partial charge in [-0.25, -0.2) is 0 Å². The van der Waals surface area contributed by atoms with Gasteiger partial charge in [-0.05, 0) is 39.1 Å². The van der Waals surface area contributed by atoms with Crippen LogP contribution in [0.25, 0.3) is 39.1 Å². The number of ketones is 2. The second-order valence-corrected chi connectivity index (χ2v) is 7.00. The summed E-state index contributed by atoms with van der Waals surface area (Å²) in [6.45, 7) is 0. The molecule has 0 bridgehead atoms. The van der Waals surface area contributed by atoms with E-state index in [4.69, 9.17) is 0 Å². The van der Waals surface area contributed by atoms with Gasteiger partial charge >= 0.3 is 0 Å². The second-order valence-electron chi connectivity index (χ2n) is 7.00. The highest BCUT2D eigenvalue weighted by Crippen LogP contribution is 2.44. The molecule has 0 radical (unpaired) electrons. The van der Waals surface area contributed by atoms with Gasteiger partial charge in [0.1, 0.15) is 0 Å². The number of carbonyl (C=O) groups excluding carboxylic acids is 2. The van der Waals surface area contributed by atoms with Crippen molar-refractivity contribution in [3.05, 3.63) is 102 Å². The fraction of sp³-hybridized carbons (Fsp3) is 0. The highest BCUT2D eigenvalue weighted by atomic mass is 16.3. The second kappa shape index (κ2) is 6.57. The SMILES string of the molecule is O=C1C(=O)c2c(c(-c3ccccc3)c3ccccc3c2-c2ccccc2)C=C1O. The molecule has 0 spiro atoms. The third-order valence-electron chi connectivity index (χ3n) is 5.33. The lowest BCUT2D eigenvalue weighted by Crippen LogP contribution is -2.23. The minimum atomic E-state index is -0.871. The third kappa shape index (κ3) is 2.59. The minimum absolute atomic E-state index is 0.344. The summed E-state index contributed by atoms with van der Waals surface area (Å²) in [5.74, 6) is -2.07. The molecule has 0 heterocycles. The quantitative estimate of drug-likeness (QED) is 0.447. The molecule has 3 heteroatoms. The molecule has 0 unspecified atom stereocenters. The van der Waals surface area contributed by atoms with Crippen molar-refractivity contribution in [1.29, 1.82) is 0 Å². The summed E-state index contributed by atoms with van der Waals surface area (Å²) in [5.41, 5.74) is 4.26. The van der Waals surface area contributed by atoms with Gasteiger partial charge in [0, 0.05) is 11.1 Å². The van der Waals surface area contributed by atoms with Crippen molar-refractivity contribution in [2.45, 2.75) is 0 Å². The molecule has 0 saturated carbocycles. The van der Waals surface area contributed by atoms with Crippen LogP contribution < -0.4 is 0 Å². The fourth-order valence-corrected chi connectivity index (χ4v) is 4.09. The molecule has 0 fully saturated rings. The molecule has 5 rings (SSSR count). The van der Waals surface area contributed by atoms with Gasteiger partial charge in [-0.1, -0.05) is 84.9 Å². The van der Waals surface area contributed by atoms with Crippen molar-refractivity contribution in [2.24, 2.45) is 0 Å². The summed E-state index contributed by atoms with van der Waals surface area (Å²) in [6.07, 6.45) is 1.43. The molecule has 0 saturated heterocycles. The zero-order valence-electron chi connectivity index (χ0n) is 15.4. The molecule has 0 aromatic heterocycles. The number of Topliss-reactive ketones (excluding diaryl/α,β-unsaturated/α-hetero) is 2.